The molecule has 0 amide bonds. The van der Waals surface area contributed by atoms with Gasteiger partial charge in [-0.3, -0.25) is 0 Å². The smallest absolute Gasteiger partial charge is 0.337 e. The normalized spacial score (nSPS) is 11.0. The van der Waals surface area contributed by atoms with E-state index in [0.717, 1.165) is 10.4 Å². The maximum absolute atomic E-state index is 14.1. The number of hydrogen-bond acceptors (Lipinski definition) is 4. The lowest BCUT2D eigenvalue weighted by atomic mass is 10.1. The number of methoxy groups -OCH3 is 1. The molecule has 128 valence electrons. The minimum atomic E-state index is -3.05. The van der Waals surface area contributed by atoms with Gasteiger partial charge in [-0.25, -0.2) is 22.0 Å². The molecule has 0 aliphatic carbocycles. The summed E-state index contributed by atoms with van der Waals surface area (Å²) in [7, 11) is -1.88. The maximum atomic E-state index is 14.1. The fraction of sp³-hybridized carbons (Fsp3) is 0.188. The van der Waals surface area contributed by atoms with Crippen LogP contribution < -0.4 is 0 Å². The van der Waals surface area contributed by atoms with Gasteiger partial charge < -0.3 is 4.74 Å². The molecule has 0 unspecified atom stereocenters. The topological polar surface area (TPSA) is 63.7 Å². The first-order valence-electron chi connectivity index (χ1n) is 6.91. The Morgan fingerprint density at radius 3 is 2.21 bits per heavy atom. The van der Waals surface area contributed by atoms with Crippen LogP contribution in [0.1, 0.15) is 21.5 Å². The van der Waals surface area contributed by atoms with Crippen molar-refractivity contribution in [2.45, 2.75) is 13.1 Å². The van der Waals surface area contributed by atoms with E-state index >= 15 is 0 Å². The number of esters is 1. The summed E-state index contributed by atoms with van der Waals surface area (Å²) in [6, 6.07) is 9.36. The molecule has 0 N–H and O–H groups in total. The van der Waals surface area contributed by atoms with Gasteiger partial charge >= 0.3 is 5.97 Å². The molecule has 0 saturated heterocycles. The molecule has 0 saturated carbocycles. The van der Waals surface area contributed by atoms with Crippen LogP contribution in [-0.2, 0) is 28.7 Å². The SMILES string of the molecule is COC(=O)c1ccc(CN(Cc2ccccc2F)[SH](=O)=O)c(F)c1. The van der Waals surface area contributed by atoms with Crippen LogP contribution in [0, 0.1) is 11.6 Å². The number of rotatable bonds is 6. The first kappa shape index (κ1) is 18.0. The van der Waals surface area contributed by atoms with Crippen molar-refractivity contribution in [2.24, 2.45) is 0 Å². The molecule has 0 bridgehead atoms. The van der Waals surface area contributed by atoms with Crippen molar-refractivity contribution in [3.05, 3.63) is 70.8 Å². The quantitative estimate of drug-likeness (QED) is 0.638. The summed E-state index contributed by atoms with van der Waals surface area (Å²) in [5.74, 6) is -1.98. The van der Waals surface area contributed by atoms with Gasteiger partial charge in [-0.1, -0.05) is 24.3 Å². The highest BCUT2D eigenvalue weighted by atomic mass is 32.2. The molecule has 0 aliphatic rings. The van der Waals surface area contributed by atoms with Crippen LogP contribution in [0.15, 0.2) is 42.5 Å². The van der Waals surface area contributed by atoms with Gasteiger partial charge in [0.2, 0.25) is 10.9 Å². The van der Waals surface area contributed by atoms with Crippen molar-refractivity contribution in [1.82, 2.24) is 4.31 Å². The molecule has 0 atom stereocenters. The highest BCUT2D eigenvalue weighted by Crippen LogP contribution is 2.17. The number of ether oxygens (including phenoxy) is 1. The van der Waals surface area contributed by atoms with Crippen molar-refractivity contribution in [3.8, 4) is 0 Å². The highest BCUT2D eigenvalue weighted by molar-refractivity contribution is 7.69. The lowest BCUT2D eigenvalue weighted by Gasteiger charge is -2.16. The number of carbonyl (C=O) groups excluding carboxylic acids is 1. The monoisotopic (exact) mass is 355 g/mol. The van der Waals surface area contributed by atoms with Crippen LogP contribution in [0.3, 0.4) is 0 Å². The summed E-state index contributed by atoms with van der Waals surface area (Å²) in [5, 5.41) is 0. The standard InChI is InChI=1S/C16H15F2NO4S/c1-23-16(20)11-6-7-13(15(18)8-11)10-19(24(21)22)9-12-4-2-3-5-14(12)17/h2-8,24H,9-10H2,1H3. The van der Waals surface area contributed by atoms with Gasteiger partial charge in [0.15, 0.2) is 0 Å². The van der Waals surface area contributed by atoms with Crippen molar-refractivity contribution in [2.75, 3.05) is 7.11 Å². The molecule has 2 rings (SSSR count). The first-order valence-corrected chi connectivity index (χ1v) is 8.04. The van der Waals surface area contributed by atoms with Gasteiger partial charge in [0.25, 0.3) is 0 Å². The van der Waals surface area contributed by atoms with E-state index in [0.29, 0.717) is 0 Å². The van der Waals surface area contributed by atoms with Gasteiger partial charge in [0, 0.05) is 24.2 Å². The van der Waals surface area contributed by atoms with E-state index in [-0.39, 0.29) is 29.8 Å². The maximum Gasteiger partial charge on any atom is 0.337 e. The van der Waals surface area contributed by atoms with Crippen molar-refractivity contribution in [3.63, 3.8) is 0 Å². The van der Waals surface area contributed by atoms with Crippen molar-refractivity contribution >= 4 is 16.9 Å². The molecule has 0 aliphatic heterocycles. The molecule has 5 nitrogen and oxygen atoms in total. The Labute approximate surface area is 139 Å². The molecule has 0 spiro atoms. The molecule has 0 heterocycles. The zero-order valence-electron chi connectivity index (χ0n) is 12.7. The van der Waals surface area contributed by atoms with Gasteiger partial charge in [0.05, 0.1) is 12.7 Å². The third kappa shape index (κ3) is 4.36. The lowest BCUT2D eigenvalue weighted by molar-refractivity contribution is 0.0600. The number of carbonyl (C=O) groups is 1. The molecule has 2 aromatic rings. The van der Waals surface area contributed by atoms with Crippen LogP contribution in [-0.4, -0.2) is 25.8 Å². The van der Waals surface area contributed by atoms with Gasteiger partial charge in [0.1, 0.15) is 11.6 Å². The summed E-state index contributed by atoms with van der Waals surface area (Å²) in [6.45, 7) is -0.496. The molecule has 0 fully saturated rings. The van der Waals surface area contributed by atoms with Crippen LogP contribution in [0.2, 0.25) is 0 Å². The van der Waals surface area contributed by atoms with E-state index in [1.54, 1.807) is 6.07 Å². The second-order valence-corrected chi connectivity index (χ2v) is 5.99. The van der Waals surface area contributed by atoms with Crippen molar-refractivity contribution in [1.29, 1.82) is 0 Å². The lowest BCUT2D eigenvalue weighted by Crippen LogP contribution is -2.22. The first-order chi connectivity index (χ1) is 11.4. The third-order valence-electron chi connectivity index (χ3n) is 3.37. The minimum absolute atomic E-state index is 0.0194. The van der Waals surface area contributed by atoms with Crippen molar-refractivity contribution < 1.29 is 26.7 Å². The summed E-state index contributed by atoms with van der Waals surface area (Å²) in [6.07, 6.45) is 0. The largest absolute Gasteiger partial charge is 0.465 e. The number of benzene rings is 2. The van der Waals surface area contributed by atoms with E-state index in [2.05, 4.69) is 4.74 Å². The fourth-order valence-corrected chi connectivity index (χ4v) is 2.65. The summed E-state index contributed by atoms with van der Waals surface area (Å²) >= 11 is 0. The molecule has 2 aromatic carbocycles. The molecule has 24 heavy (non-hydrogen) atoms. The van der Waals surface area contributed by atoms with E-state index in [4.69, 9.17) is 0 Å². The zero-order valence-corrected chi connectivity index (χ0v) is 13.6. The predicted octanol–water partition coefficient (Wildman–Crippen LogP) is 2.28. The van der Waals surface area contributed by atoms with E-state index in [9.17, 15) is 22.0 Å². The van der Waals surface area contributed by atoms with E-state index in [1.165, 1.54) is 37.4 Å². The van der Waals surface area contributed by atoms with Crippen LogP contribution in [0.4, 0.5) is 8.78 Å². The van der Waals surface area contributed by atoms with Crippen LogP contribution in [0.25, 0.3) is 0 Å². The minimum Gasteiger partial charge on any atom is -0.465 e. The van der Waals surface area contributed by atoms with Gasteiger partial charge in [-0.2, -0.15) is 4.31 Å². The summed E-state index contributed by atoms with van der Waals surface area (Å²) in [5.41, 5.74) is 0.271. The summed E-state index contributed by atoms with van der Waals surface area (Å²) in [4.78, 5) is 11.3. The molecular formula is C16H15F2NO4S. The summed E-state index contributed by atoms with van der Waals surface area (Å²) < 4.78 is 55.9. The average Bonchev–Trinajstić information content (AvgIpc) is 2.56. The number of nitrogens with zero attached hydrogens (tertiary/aromatic N) is 1. The van der Waals surface area contributed by atoms with Crippen LogP contribution in [0.5, 0.6) is 0 Å². The Morgan fingerprint density at radius 1 is 1.04 bits per heavy atom. The second kappa shape index (κ2) is 7.98. The average molecular weight is 355 g/mol. The second-order valence-electron chi connectivity index (χ2n) is 4.95. The Kier molecular flexibility index (Phi) is 5.99. The number of thiol groups is 1. The zero-order chi connectivity index (χ0) is 17.7. The fourth-order valence-electron chi connectivity index (χ4n) is 2.11. The Bertz CT molecular complexity index is 815. The molecule has 0 aromatic heterocycles. The molecular weight excluding hydrogens is 340 g/mol. The number of halogens is 2. The highest BCUT2D eigenvalue weighted by Gasteiger charge is 2.16. The number of hydrogen-bond donors (Lipinski definition) is 1. The molecule has 8 heteroatoms. The van der Waals surface area contributed by atoms with Gasteiger partial charge in [-0.05, 0) is 18.2 Å². The molecule has 0 radical (unpaired) electrons. The van der Waals surface area contributed by atoms with Gasteiger partial charge in [-0.15, -0.1) is 0 Å². The third-order valence-corrected chi connectivity index (χ3v) is 4.11. The Morgan fingerprint density at radius 2 is 1.67 bits per heavy atom. The Hall–Kier alpha value is -2.32. The van der Waals surface area contributed by atoms with E-state index in [1.807, 2.05) is 0 Å². The van der Waals surface area contributed by atoms with E-state index < -0.39 is 28.5 Å². The predicted molar refractivity (Wildman–Crippen MR) is 83.7 cm³/mol. The van der Waals surface area contributed by atoms with Crippen LogP contribution >= 0.6 is 0 Å². The Balaban J connectivity index is 2.22.